The molecule has 0 aliphatic heterocycles. The van der Waals surface area contributed by atoms with E-state index in [1.807, 2.05) is 0 Å². The van der Waals surface area contributed by atoms with E-state index in [0.717, 1.165) is 11.3 Å². The lowest BCUT2D eigenvalue weighted by Crippen LogP contribution is -2.20. The lowest BCUT2D eigenvalue weighted by molar-refractivity contribution is 0.0687. The second-order valence-electron chi connectivity index (χ2n) is 3.93. The van der Waals surface area contributed by atoms with Crippen molar-refractivity contribution < 1.29 is 24.6 Å². The average molecular weight is 306 g/mol. The van der Waals surface area contributed by atoms with Crippen LogP contribution in [-0.4, -0.2) is 28.2 Å². The van der Waals surface area contributed by atoms with Crippen LogP contribution in [0.2, 0.25) is 0 Å². The monoisotopic (exact) mass is 306 g/mol. The molecule has 1 aromatic heterocycles. The highest BCUT2D eigenvalue weighted by Gasteiger charge is 2.13. The van der Waals surface area contributed by atoms with E-state index in [-0.39, 0.29) is 16.1 Å². The molecule has 1 aromatic carbocycles. The van der Waals surface area contributed by atoms with E-state index in [2.05, 4.69) is 10.6 Å². The zero-order chi connectivity index (χ0) is 15.4. The Morgan fingerprint density at radius 2 is 1.57 bits per heavy atom. The highest BCUT2D eigenvalue weighted by molar-refractivity contribution is 7.14. The van der Waals surface area contributed by atoms with E-state index >= 15 is 0 Å². The Balaban J connectivity index is 2.03. The van der Waals surface area contributed by atoms with Crippen molar-refractivity contribution >= 4 is 40.0 Å². The van der Waals surface area contributed by atoms with Crippen LogP contribution in [-0.2, 0) is 0 Å². The molecule has 2 aromatic rings. The topological polar surface area (TPSA) is 116 Å². The van der Waals surface area contributed by atoms with E-state index in [4.69, 9.17) is 10.2 Å². The second kappa shape index (κ2) is 6.06. The zero-order valence-electron chi connectivity index (χ0n) is 10.5. The molecule has 108 valence electrons. The largest absolute Gasteiger partial charge is 0.478 e. The number of rotatable bonds is 4. The first-order valence-corrected chi connectivity index (χ1v) is 6.57. The molecule has 4 N–H and O–H groups in total. The first-order valence-electron chi connectivity index (χ1n) is 5.69. The van der Waals surface area contributed by atoms with Gasteiger partial charge in [0.25, 0.3) is 0 Å². The highest BCUT2D eigenvalue weighted by Crippen LogP contribution is 2.23. The minimum Gasteiger partial charge on any atom is -0.478 e. The van der Waals surface area contributed by atoms with Crippen LogP contribution >= 0.6 is 11.3 Å². The summed E-state index contributed by atoms with van der Waals surface area (Å²) in [4.78, 5) is 33.3. The molecule has 0 bridgehead atoms. The molecule has 0 atom stereocenters. The van der Waals surface area contributed by atoms with Gasteiger partial charge < -0.3 is 15.5 Å². The number of hydrogen-bond donors (Lipinski definition) is 4. The van der Waals surface area contributed by atoms with Crippen molar-refractivity contribution in [3.05, 3.63) is 46.8 Å². The molecule has 2 rings (SSSR count). The molecule has 7 nitrogen and oxygen atoms in total. The van der Waals surface area contributed by atoms with Gasteiger partial charge in [-0.2, -0.15) is 0 Å². The summed E-state index contributed by atoms with van der Waals surface area (Å²) in [6, 6.07) is 6.37. The minimum absolute atomic E-state index is 0.0105. The van der Waals surface area contributed by atoms with Crippen molar-refractivity contribution in [2.75, 3.05) is 10.6 Å². The first kappa shape index (κ1) is 14.5. The smallest absolute Gasteiger partial charge is 0.338 e. The van der Waals surface area contributed by atoms with Gasteiger partial charge in [-0.1, -0.05) is 0 Å². The third-order valence-corrected chi connectivity index (χ3v) is 3.34. The Kier molecular flexibility index (Phi) is 4.19. The standard InChI is InChI=1S/C13H10N2O5S/c16-11(17)7-1-3-8(4-2-7)14-13(20)15-10-9(12(18)19)5-6-21-10/h1-6H,(H,16,17)(H,18,19)(H2,14,15,20). The molecule has 0 fully saturated rings. The quantitative estimate of drug-likeness (QED) is 0.693. The number of benzene rings is 1. The van der Waals surface area contributed by atoms with Gasteiger partial charge in [0.15, 0.2) is 0 Å². The summed E-state index contributed by atoms with van der Waals surface area (Å²) in [7, 11) is 0. The second-order valence-corrected chi connectivity index (χ2v) is 4.85. The van der Waals surface area contributed by atoms with Crippen LogP contribution in [0.5, 0.6) is 0 Å². The molecule has 1 heterocycles. The fraction of sp³-hybridized carbons (Fsp3) is 0. The number of aromatic carboxylic acids is 2. The van der Waals surface area contributed by atoms with Crippen molar-refractivity contribution in [1.82, 2.24) is 0 Å². The van der Waals surface area contributed by atoms with Gasteiger partial charge in [-0.05, 0) is 35.7 Å². The van der Waals surface area contributed by atoms with Gasteiger partial charge in [0.05, 0.1) is 11.1 Å². The van der Waals surface area contributed by atoms with Crippen molar-refractivity contribution in [1.29, 1.82) is 0 Å². The summed E-state index contributed by atoms with van der Waals surface area (Å²) in [5.41, 5.74) is 0.509. The number of carbonyl (C=O) groups is 3. The summed E-state index contributed by atoms with van der Waals surface area (Å²) < 4.78 is 0. The molecule has 8 heteroatoms. The summed E-state index contributed by atoms with van der Waals surface area (Å²) in [5.74, 6) is -2.19. The van der Waals surface area contributed by atoms with Crippen LogP contribution in [0.3, 0.4) is 0 Å². The summed E-state index contributed by atoms with van der Waals surface area (Å²) in [6.07, 6.45) is 0. The molecule has 0 aliphatic carbocycles. The Hall–Kier alpha value is -2.87. The van der Waals surface area contributed by atoms with Crippen molar-refractivity contribution in [3.63, 3.8) is 0 Å². The van der Waals surface area contributed by atoms with Crippen molar-refractivity contribution in [2.24, 2.45) is 0 Å². The normalized spacial score (nSPS) is 9.90. The number of carboxylic acid groups (broad SMARTS) is 2. The summed E-state index contributed by atoms with van der Waals surface area (Å²) in [6.45, 7) is 0. The third-order valence-electron chi connectivity index (χ3n) is 2.51. The molecule has 2 amide bonds. The molecular formula is C13H10N2O5S. The Labute approximate surface area is 122 Å². The SMILES string of the molecule is O=C(Nc1ccc(C(=O)O)cc1)Nc1sccc1C(=O)O. The molecule has 0 spiro atoms. The Morgan fingerprint density at radius 1 is 0.905 bits per heavy atom. The number of thiophene rings is 1. The average Bonchev–Trinajstić information content (AvgIpc) is 2.87. The van der Waals surface area contributed by atoms with E-state index < -0.39 is 18.0 Å². The number of urea groups is 1. The Bertz CT molecular complexity index is 693. The number of carbonyl (C=O) groups excluding carboxylic acids is 1. The molecule has 0 unspecified atom stereocenters. The molecule has 0 aliphatic rings. The van der Waals surface area contributed by atoms with E-state index in [0.29, 0.717) is 5.69 Å². The number of anilines is 2. The number of nitrogens with one attached hydrogen (secondary N) is 2. The van der Waals surface area contributed by atoms with Gasteiger partial charge in [0.2, 0.25) is 0 Å². The van der Waals surface area contributed by atoms with Crippen LogP contribution in [0.15, 0.2) is 35.7 Å². The van der Waals surface area contributed by atoms with Gasteiger partial charge >= 0.3 is 18.0 Å². The minimum atomic E-state index is -1.13. The van der Waals surface area contributed by atoms with E-state index in [9.17, 15) is 14.4 Å². The summed E-state index contributed by atoms with van der Waals surface area (Å²) >= 11 is 1.09. The fourth-order valence-corrected chi connectivity index (χ4v) is 2.31. The number of hydrogen-bond acceptors (Lipinski definition) is 4. The Morgan fingerprint density at radius 3 is 2.14 bits per heavy atom. The van der Waals surface area contributed by atoms with Crippen LogP contribution in [0.4, 0.5) is 15.5 Å². The molecule has 0 saturated carbocycles. The van der Waals surface area contributed by atoms with Crippen molar-refractivity contribution in [2.45, 2.75) is 0 Å². The zero-order valence-corrected chi connectivity index (χ0v) is 11.3. The highest BCUT2D eigenvalue weighted by atomic mass is 32.1. The maximum Gasteiger partial charge on any atom is 0.338 e. The van der Waals surface area contributed by atoms with Gasteiger partial charge in [0.1, 0.15) is 5.00 Å². The van der Waals surface area contributed by atoms with Gasteiger partial charge in [0, 0.05) is 5.69 Å². The maximum absolute atomic E-state index is 11.7. The van der Waals surface area contributed by atoms with Gasteiger partial charge in [-0.25, -0.2) is 14.4 Å². The predicted molar refractivity (Wildman–Crippen MR) is 77.3 cm³/mol. The van der Waals surface area contributed by atoms with E-state index in [1.165, 1.54) is 30.3 Å². The predicted octanol–water partition coefficient (Wildman–Crippen LogP) is 2.79. The van der Waals surface area contributed by atoms with Crippen molar-refractivity contribution in [3.8, 4) is 0 Å². The number of carboxylic acids is 2. The van der Waals surface area contributed by atoms with Crippen LogP contribution < -0.4 is 10.6 Å². The van der Waals surface area contributed by atoms with Crippen LogP contribution in [0, 0.1) is 0 Å². The molecule has 0 saturated heterocycles. The lowest BCUT2D eigenvalue weighted by Gasteiger charge is -2.07. The first-order chi connectivity index (χ1) is 9.97. The maximum atomic E-state index is 11.7. The lowest BCUT2D eigenvalue weighted by atomic mass is 10.2. The van der Waals surface area contributed by atoms with Gasteiger partial charge in [-0.15, -0.1) is 11.3 Å². The molecular weight excluding hydrogens is 296 g/mol. The third kappa shape index (κ3) is 3.57. The van der Waals surface area contributed by atoms with Crippen LogP contribution in [0.25, 0.3) is 0 Å². The molecule has 21 heavy (non-hydrogen) atoms. The van der Waals surface area contributed by atoms with Crippen LogP contribution in [0.1, 0.15) is 20.7 Å². The molecule has 0 radical (unpaired) electrons. The fourth-order valence-electron chi connectivity index (χ4n) is 1.54. The van der Waals surface area contributed by atoms with Gasteiger partial charge in [-0.3, -0.25) is 5.32 Å². The van der Waals surface area contributed by atoms with E-state index in [1.54, 1.807) is 5.38 Å². The number of amides is 2. The summed E-state index contributed by atoms with van der Waals surface area (Å²) in [5, 5.41) is 24.4.